The number of benzene rings is 2. The summed E-state index contributed by atoms with van der Waals surface area (Å²) in [7, 11) is 0. The molecule has 2 heterocycles. The number of hydrogen-bond acceptors (Lipinski definition) is 4. The van der Waals surface area contributed by atoms with Crippen LogP contribution >= 0.6 is 11.6 Å². The number of halogens is 1. The van der Waals surface area contributed by atoms with Crippen LogP contribution in [0.4, 0.5) is 5.69 Å². The number of fused-ring (bicyclic) bond motifs is 1. The summed E-state index contributed by atoms with van der Waals surface area (Å²) in [5.41, 5.74) is 4.15. The van der Waals surface area contributed by atoms with Gasteiger partial charge < -0.3 is 0 Å². The molecule has 110 valence electrons. The van der Waals surface area contributed by atoms with Crippen LogP contribution in [0.25, 0.3) is 0 Å². The van der Waals surface area contributed by atoms with E-state index in [1.165, 1.54) is 0 Å². The van der Waals surface area contributed by atoms with Crippen LogP contribution in [-0.2, 0) is 3.83 Å². The summed E-state index contributed by atoms with van der Waals surface area (Å²) in [4.78, 5) is 0. The minimum atomic E-state index is -1.87. The molecule has 0 N–H and O–H groups in total. The van der Waals surface area contributed by atoms with E-state index in [1.54, 1.807) is 0 Å². The molecule has 0 amide bonds. The van der Waals surface area contributed by atoms with E-state index in [1.807, 2.05) is 46.4 Å². The molecule has 0 fully saturated rings. The maximum atomic E-state index is 5.97. The Bertz CT molecular complexity index is 761. The normalized spacial score (nSPS) is 22.9. The molecule has 2 aromatic carbocycles. The fraction of sp³-hybridized carbons (Fsp3) is 0.125. The monoisotopic (exact) mass is 373 g/mol. The Morgan fingerprint density at radius 3 is 2.55 bits per heavy atom. The van der Waals surface area contributed by atoms with Gasteiger partial charge >= 0.3 is 139 Å². The zero-order valence-corrected chi connectivity index (χ0v) is 14.5. The molecule has 4 nitrogen and oxygen atoms in total. The quantitative estimate of drug-likeness (QED) is 0.750. The summed E-state index contributed by atoms with van der Waals surface area (Å²) in [6, 6.07) is 17.9. The van der Waals surface area contributed by atoms with Gasteiger partial charge in [0.2, 0.25) is 0 Å². The van der Waals surface area contributed by atoms with Crippen molar-refractivity contribution in [2.24, 2.45) is 10.3 Å². The molecular formula is C16H13AsClN3O. The third kappa shape index (κ3) is 2.23. The second kappa shape index (κ2) is 5.45. The summed E-state index contributed by atoms with van der Waals surface area (Å²) in [5, 5.41) is 9.80. The minimum absolute atomic E-state index is 0.189. The zero-order valence-electron chi connectivity index (χ0n) is 11.8. The van der Waals surface area contributed by atoms with Gasteiger partial charge in [0.05, 0.1) is 0 Å². The number of anilines is 1. The molecule has 22 heavy (non-hydrogen) atoms. The molecule has 2 unspecified atom stereocenters. The van der Waals surface area contributed by atoms with E-state index in [-0.39, 0.29) is 4.71 Å². The summed E-state index contributed by atoms with van der Waals surface area (Å²) in [6.45, 7) is 2.05. The van der Waals surface area contributed by atoms with Crippen molar-refractivity contribution in [3.8, 4) is 0 Å². The van der Waals surface area contributed by atoms with Gasteiger partial charge in [0.25, 0.3) is 0 Å². The number of para-hydroxylation sites is 1. The predicted molar refractivity (Wildman–Crippen MR) is 90.6 cm³/mol. The molecule has 0 bridgehead atoms. The number of rotatable bonds is 2. The maximum absolute atomic E-state index is 5.97. The standard InChI is InChI=1S/C16H13AsClN3O/c1-11-15-16(12-7-9-13(18)10-8-12)20-22-17(15)21(19-11)14-5-3-2-4-6-14/h2-10,15H,1H3. The van der Waals surface area contributed by atoms with Gasteiger partial charge in [0.1, 0.15) is 0 Å². The van der Waals surface area contributed by atoms with E-state index >= 15 is 0 Å². The van der Waals surface area contributed by atoms with Gasteiger partial charge in [0, 0.05) is 0 Å². The van der Waals surface area contributed by atoms with Crippen molar-refractivity contribution in [1.29, 1.82) is 0 Å². The fourth-order valence-electron chi connectivity index (χ4n) is 2.60. The molecule has 0 saturated heterocycles. The van der Waals surface area contributed by atoms with Gasteiger partial charge in [-0.05, 0) is 0 Å². The van der Waals surface area contributed by atoms with Crippen molar-refractivity contribution < 1.29 is 3.83 Å². The fourth-order valence-corrected chi connectivity index (χ4v) is 6.76. The second-order valence-electron chi connectivity index (χ2n) is 5.14. The molecule has 6 heteroatoms. The van der Waals surface area contributed by atoms with Crippen molar-refractivity contribution in [3.05, 3.63) is 65.2 Å². The molecule has 2 aliphatic heterocycles. The molecule has 2 aliphatic rings. The van der Waals surface area contributed by atoms with Crippen LogP contribution in [0.2, 0.25) is 9.73 Å². The van der Waals surface area contributed by atoms with Crippen LogP contribution in [-0.4, -0.2) is 26.6 Å². The Hall–Kier alpha value is -1.77. The first-order valence-electron chi connectivity index (χ1n) is 6.94. The van der Waals surface area contributed by atoms with Crippen LogP contribution in [0, 0.1) is 0 Å². The Kier molecular flexibility index (Phi) is 3.44. The van der Waals surface area contributed by atoms with E-state index in [2.05, 4.69) is 24.2 Å². The van der Waals surface area contributed by atoms with Gasteiger partial charge in [-0.3, -0.25) is 0 Å². The van der Waals surface area contributed by atoms with Gasteiger partial charge in [-0.15, -0.1) is 0 Å². The second-order valence-corrected chi connectivity index (χ2v) is 9.06. The van der Waals surface area contributed by atoms with Crippen molar-refractivity contribution in [2.75, 3.05) is 3.93 Å². The third-order valence-corrected chi connectivity index (χ3v) is 8.12. The summed E-state index contributed by atoms with van der Waals surface area (Å²) in [6.07, 6.45) is 0. The summed E-state index contributed by atoms with van der Waals surface area (Å²) >= 11 is 4.10. The molecule has 0 saturated carbocycles. The van der Waals surface area contributed by atoms with Crippen LogP contribution in [0.15, 0.2) is 64.9 Å². The Morgan fingerprint density at radius 2 is 1.82 bits per heavy atom. The zero-order chi connectivity index (χ0) is 15.1. The Labute approximate surface area is 138 Å². The first-order chi connectivity index (χ1) is 10.7. The van der Waals surface area contributed by atoms with E-state index in [9.17, 15) is 0 Å². The first-order valence-corrected chi connectivity index (χ1v) is 10.0. The molecule has 0 aliphatic carbocycles. The van der Waals surface area contributed by atoms with Gasteiger partial charge in [-0.2, -0.15) is 0 Å². The van der Waals surface area contributed by atoms with E-state index in [4.69, 9.17) is 20.5 Å². The molecule has 4 rings (SSSR count). The van der Waals surface area contributed by atoms with Crippen molar-refractivity contribution in [1.82, 2.24) is 0 Å². The van der Waals surface area contributed by atoms with Crippen molar-refractivity contribution in [3.63, 3.8) is 0 Å². The van der Waals surface area contributed by atoms with E-state index in [0.29, 0.717) is 0 Å². The van der Waals surface area contributed by atoms with Crippen LogP contribution in [0.1, 0.15) is 12.5 Å². The molecular weight excluding hydrogens is 361 g/mol. The number of hydrogen-bond donors (Lipinski definition) is 0. The summed E-state index contributed by atoms with van der Waals surface area (Å²) < 4.78 is 8.05. The van der Waals surface area contributed by atoms with Crippen molar-refractivity contribution in [2.45, 2.75) is 11.6 Å². The van der Waals surface area contributed by atoms with Crippen LogP contribution in [0.3, 0.4) is 0 Å². The van der Waals surface area contributed by atoms with E-state index < -0.39 is 15.2 Å². The average Bonchev–Trinajstić information content (AvgIpc) is 3.11. The van der Waals surface area contributed by atoms with Gasteiger partial charge in [-0.1, -0.05) is 0 Å². The van der Waals surface area contributed by atoms with Crippen LogP contribution in [0.5, 0.6) is 0 Å². The van der Waals surface area contributed by atoms with Crippen molar-refractivity contribution >= 4 is 43.9 Å². The Balaban J connectivity index is 1.67. The molecule has 0 aromatic heterocycles. The molecule has 0 radical (unpaired) electrons. The van der Waals surface area contributed by atoms with E-state index in [0.717, 1.165) is 27.7 Å². The first kappa shape index (κ1) is 13.9. The molecule has 2 atom stereocenters. The molecule has 0 spiro atoms. The predicted octanol–water partition coefficient (Wildman–Crippen LogP) is 3.83. The van der Waals surface area contributed by atoms with Crippen LogP contribution < -0.4 is 3.93 Å². The average molecular weight is 374 g/mol. The number of oxime groups is 1. The van der Waals surface area contributed by atoms with Gasteiger partial charge in [-0.25, -0.2) is 0 Å². The third-order valence-electron chi connectivity index (χ3n) is 3.66. The summed E-state index contributed by atoms with van der Waals surface area (Å²) in [5.74, 6) is 0. The topological polar surface area (TPSA) is 37.2 Å². The SMILES string of the molecule is CC1=NN(c2ccccc2)[As]2ON=C(c3ccc(Cl)cc3)C12. The Morgan fingerprint density at radius 1 is 1.09 bits per heavy atom. The number of hydrazone groups is 1. The number of nitrogens with zero attached hydrogens (tertiary/aromatic N) is 3. The van der Waals surface area contributed by atoms with Gasteiger partial charge in [0.15, 0.2) is 0 Å². The molecule has 2 aromatic rings.